The van der Waals surface area contributed by atoms with Crippen molar-refractivity contribution in [2.75, 3.05) is 5.75 Å². The lowest BCUT2D eigenvalue weighted by molar-refractivity contribution is 0.0137. The zero-order valence-corrected chi connectivity index (χ0v) is 17.9. The van der Waals surface area contributed by atoms with Gasteiger partial charge >= 0.3 is 5.56 Å². The first kappa shape index (κ1) is 22.6. The molecule has 0 bridgehead atoms. The molecule has 3 aromatic rings. The highest BCUT2D eigenvalue weighted by Gasteiger charge is 2.30. The van der Waals surface area contributed by atoms with E-state index in [1.165, 1.54) is 40.7 Å². The molecule has 0 atom stereocenters. The van der Waals surface area contributed by atoms with Gasteiger partial charge in [-0.1, -0.05) is 55.6 Å². The van der Waals surface area contributed by atoms with Gasteiger partial charge in [0.15, 0.2) is 11.0 Å². The molecule has 0 spiro atoms. The van der Waals surface area contributed by atoms with Crippen molar-refractivity contribution >= 4 is 17.4 Å². The molecule has 0 aliphatic carbocycles. The van der Waals surface area contributed by atoms with Crippen molar-refractivity contribution < 1.29 is 13.2 Å². The summed E-state index contributed by atoms with van der Waals surface area (Å²) in [6.45, 7) is 6.35. The van der Waals surface area contributed by atoms with E-state index in [0.29, 0.717) is 17.8 Å². The number of allylic oxidation sites excluding steroid dienone is 4. The quantitative estimate of drug-likeness (QED) is 0.348. The fraction of sp³-hybridized carbons (Fsp3) is 0.227. The van der Waals surface area contributed by atoms with Crippen LogP contribution in [0.2, 0.25) is 0 Å². The Kier molecular flexibility index (Phi) is 6.84. The van der Waals surface area contributed by atoms with E-state index in [1.54, 1.807) is 6.08 Å². The topological polar surface area (TPSA) is 52.2 Å². The fourth-order valence-electron chi connectivity index (χ4n) is 2.92. The largest absolute Gasteiger partial charge is 0.300 e. The van der Waals surface area contributed by atoms with Crippen LogP contribution >= 0.6 is 11.8 Å². The van der Waals surface area contributed by atoms with Gasteiger partial charge in [-0.3, -0.25) is 13.8 Å². The Morgan fingerprint density at radius 1 is 1.29 bits per heavy atom. The first-order valence-corrected chi connectivity index (χ1v) is 10.5. The van der Waals surface area contributed by atoms with Crippen LogP contribution < -0.4 is 5.56 Å². The first-order valence-electron chi connectivity index (χ1n) is 9.52. The number of alkyl halides is 2. The third-order valence-electron chi connectivity index (χ3n) is 4.42. The molecule has 31 heavy (non-hydrogen) atoms. The van der Waals surface area contributed by atoms with Gasteiger partial charge in [0.1, 0.15) is 0 Å². The molecule has 1 aromatic carbocycles. The number of nitrogens with zero attached hydrogens (tertiary/aromatic N) is 4. The van der Waals surface area contributed by atoms with Crippen molar-refractivity contribution in [2.45, 2.75) is 31.3 Å². The fourth-order valence-corrected chi connectivity index (χ4v) is 3.79. The second kappa shape index (κ2) is 9.38. The van der Waals surface area contributed by atoms with E-state index in [0.717, 1.165) is 22.6 Å². The van der Waals surface area contributed by atoms with E-state index in [-0.39, 0.29) is 11.3 Å². The van der Waals surface area contributed by atoms with E-state index in [2.05, 4.69) is 16.8 Å². The van der Waals surface area contributed by atoms with Crippen LogP contribution in [0.25, 0.3) is 11.3 Å². The van der Waals surface area contributed by atoms with Crippen molar-refractivity contribution in [3.63, 3.8) is 0 Å². The molecule has 0 N–H and O–H groups in total. The summed E-state index contributed by atoms with van der Waals surface area (Å²) in [6.07, 6.45) is 11.3. The number of hydrogen-bond donors (Lipinski definition) is 0. The normalized spacial score (nSPS) is 12.7. The number of fused-ring (bicyclic) bond motifs is 1. The molecule has 0 saturated carbocycles. The maximum atomic E-state index is 14.7. The van der Waals surface area contributed by atoms with Crippen molar-refractivity contribution in [2.24, 2.45) is 0 Å². The van der Waals surface area contributed by atoms with Gasteiger partial charge in [-0.2, -0.15) is 0 Å². The number of halogens is 3. The van der Waals surface area contributed by atoms with Crippen LogP contribution in [0.1, 0.15) is 25.8 Å². The Balaban J connectivity index is 1.98. The average Bonchev–Trinajstić information content (AvgIpc) is 3.14. The van der Waals surface area contributed by atoms with Gasteiger partial charge in [0.05, 0.1) is 11.3 Å². The van der Waals surface area contributed by atoms with E-state index in [1.807, 2.05) is 25.2 Å². The number of benzene rings is 1. The predicted octanol–water partition coefficient (Wildman–Crippen LogP) is 5.30. The Morgan fingerprint density at radius 2 is 2.06 bits per heavy atom. The van der Waals surface area contributed by atoms with E-state index < -0.39 is 22.9 Å². The average molecular weight is 446 g/mol. The highest BCUT2D eigenvalue weighted by molar-refractivity contribution is 7.99. The van der Waals surface area contributed by atoms with Crippen LogP contribution in [0.3, 0.4) is 0 Å². The van der Waals surface area contributed by atoms with Crippen LogP contribution in [0, 0.1) is 5.82 Å². The predicted molar refractivity (Wildman–Crippen MR) is 117 cm³/mol. The van der Waals surface area contributed by atoms with Crippen LogP contribution in [0.15, 0.2) is 77.0 Å². The lowest BCUT2D eigenvalue weighted by Crippen LogP contribution is -2.22. The van der Waals surface area contributed by atoms with Gasteiger partial charge in [0.2, 0.25) is 5.65 Å². The molecular formula is C22H21F3N4OS. The van der Waals surface area contributed by atoms with Crippen molar-refractivity contribution in [1.82, 2.24) is 19.2 Å². The third-order valence-corrected chi connectivity index (χ3v) is 5.43. The molecule has 0 aliphatic heterocycles. The second-order valence-corrected chi connectivity index (χ2v) is 7.70. The zero-order chi connectivity index (χ0) is 22.6. The van der Waals surface area contributed by atoms with Gasteiger partial charge in [-0.25, -0.2) is 13.2 Å². The Morgan fingerprint density at radius 3 is 2.74 bits per heavy atom. The first-order chi connectivity index (χ1) is 14.8. The van der Waals surface area contributed by atoms with Gasteiger partial charge in [-0.05, 0) is 24.1 Å². The molecular weight excluding hydrogens is 425 g/mol. The summed E-state index contributed by atoms with van der Waals surface area (Å²) in [7, 11) is 0. The maximum absolute atomic E-state index is 14.7. The minimum atomic E-state index is -3.38. The molecule has 0 radical (unpaired) electrons. The Bertz CT molecular complexity index is 1220. The Hall–Kier alpha value is -3.07. The van der Waals surface area contributed by atoms with Crippen LogP contribution in [0.4, 0.5) is 13.2 Å². The molecule has 0 amide bonds. The lowest BCUT2D eigenvalue weighted by atomic mass is 10.1. The van der Waals surface area contributed by atoms with Gasteiger partial charge in [0.25, 0.3) is 5.92 Å². The summed E-state index contributed by atoms with van der Waals surface area (Å²) in [5.74, 6) is -3.96. The van der Waals surface area contributed by atoms with Crippen LogP contribution in [-0.4, -0.2) is 24.9 Å². The number of rotatable bonds is 8. The summed E-state index contributed by atoms with van der Waals surface area (Å²) in [5, 5.41) is 8.46. The van der Waals surface area contributed by atoms with Gasteiger partial charge in [-0.15, -0.1) is 10.2 Å². The summed E-state index contributed by atoms with van der Waals surface area (Å²) in [5.41, 5.74) is -0.728. The maximum Gasteiger partial charge on any atom is 0.300 e. The van der Waals surface area contributed by atoms with Gasteiger partial charge in [0, 0.05) is 25.1 Å². The van der Waals surface area contributed by atoms with E-state index in [9.17, 15) is 18.0 Å². The van der Waals surface area contributed by atoms with Crippen LogP contribution in [0.5, 0.6) is 0 Å². The standard InChI is InChI=1S/C22H21F3N4OS/c1-4-6-9-15(8-5-2)14-31-21-27-26-19-20(30)28(12-13-29(19)21)17-11-7-10-16(18(17)23)22(3,24)25/h5-13H,2,4,14H2,1,3H3/b9-6-,15-8+. The number of hydrogen-bond acceptors (Lipinski definition) is 4. The van der Waals surface area contributed by atoms with Gasteiger partial charge < -0.3 is 0 Å². The monoisotopic (exact) mass is 446 g/mol. The summed E-state index contributed by atoms with van der Waals surface area (Å²) < 4.78 is 44.5. The van der Waals surface area contributed by atoms with Crippen LogP contribution in [-0.2, 0) is 5.92 Å². The third kappa shape index (κ3) is 4.82. The molecule has 162 valence electrons. The van der Waals surface area contributed by atoms with Crippen molar-refractivity contribution in [3.05, 3.63) is 88.8 Å². The molecule has 2 aromatic heterocycles. The Labute approximate surface area is 181 Å². The highest BCUT2D eigenvalue weighted by atomic mass is 32.2. The highest BCUT2D eigenvalue weighted by Crippen LogP contribution is 2.31. The SMILES string of the molecule is C=C/C=C(\C=C/CC)CSc1nnc2c(=O)n(-c3cccc(C(C)(F)F)c3F)ccn12. The molecule has 2 heterocycles. The summed E-state index contributed by atoms with van der Waals surface area (Å²) >= 11 is 1.38. The molecule has 5 nitrogen and oxygen atoms in total. The molecule has 9 heteroatoms. The molecule has 0 unspecified atom stereocenters. The summed E-state index contributed by atoms with van der Waals surface area (Å²) in [4.78, 5) is 12.9. The van der Waals surface area contributed by atoms with Crippen molar-refractivity contribution in [1.29, 1.82) is 0 Å². The molecule has 0 aliphatic rings. The van der Waals surface area contributed by atoms with Crippen molar-refractivity contribution in [3.8, 4) is 5.69 Å². The lowest BCUT2D eigenvalue weighted by Gasteiger charge is -2.15. The minimum absolute atomic E-state index is 0.0311. The van der Waals surface area contributed by atoms with E-state index in [4.69, 9.17) is 0 Å². The molecule has 0 fully saturated rings. The zero-order valence-electron chi connectivity index (χ0n) is 17.1. The summed E-state index contributed by atoms with van der Waals surface area (Å²) in [6, 6.07) is 3.54. The molecule has 3 rings (SSSR count). The number of aromatic nitrogens is 4. The smallest absolute Gasteiger partial charge is 0.277 e. The number of thioether (sulfide) groups is 1. The van der Waals surface area contributed by atoms with E-state index >= 15 is 0 Å². The minimum Gasteiger partial charge on any atom is -0.277 e. The molecule has 0 saturated heterocycles. The second-order valence-electron chi connectivity index (χ2n) is 6.75.